The minimum atomic E-state index is -0.222. The number of para-hydroxylation sites is 1. The Morgan fingerprint density at radius 1 is 0.969 bits per heavy atom. The largest absolute Gasteiger partial charge is 0.370 e. The Kier molecular flexibility index (Phi) is 6.00. The van der Waals surface area contributed by atoms with Gasteiger partial charge in [0.2, 0.25) is 0 Å². The van der Waals surface area contributed by atoms with Crippen LogP contribution in [0.1, 0.15) is 11.6 Å². The van der Waals surface area contributed by atoms with Crippen molar-refractivity contribution in [3.05, 3.63) is 84.4 Å². The van der Waals surface area contributed by atoms with Crippen molar-refractivity contribution in [3.63, 3.8) is 0 Å². The SMILES string of the molecule is Fc1ccc([C@H](CNc2nc(-c3cccnc3)nc3ccccc23)[NH+]2CCOCC2)cc1. The molecule has 0 bridgehead atoms. The van der Waals surface area contributed by atoms with Crippen molar-refractivity contribution >= 4 is 16.7 Å². The molecule has 6 nitrogen and oxygen atoms in total. The number of aromatic nitrogens is 3. The number of benzene rings is 2. The lowest BCUT2D eigenvalue weighted by atomic mass is 10.0. The van der Waals surface area contributed by atoms with E-state index in [-0.39, 0.29) is 11.9 Å². The van der Waals surface area contributed by atoms with Crippen molar-refractivity contribution in [2.75, 3.05) is 38.2 Å². The summed E-state index contributed by atoms with van der Waals surface area (Å²) in [5.74, 6) is 1.20. The number of rotatable bonds is 6. The number of morpholine rings is 1. The number of fused-ring (bicyclic) bond motifs is 1. The maximum Gasteiger partial charge on any atom is 0.163 e. The molecule has 0 unspecified atom stereocenters. The first-order valence-corrected chi connectivity index (χ1v) is 10.9. The zero-order chi connectivity index (χ0) is 21.8. The summed E-state index contributed by atoms with van der Waals surface area (Å²) in [4.78, 5) is 15.2. The quantitative estimate of drug-likeness (QED) is 0.493. The van der Waals surface area contributed by atoms with E-state index in [1.807, 2.05) is 48.5 Å². The van der Waals surface area contributed by atoms with Gasteiger partial charge in [0.1, 0.15) is 30.8 Å². The molecule has 1 saturated heterocycles. The molecule has 1 atom stereocenters. The number of ether oxygens (including phenoxy) is 1. The molecule has 5 rings (SSSR count). The molecule has 32 heavy (non-hydrogen) atoms. The first-order valence-electron chi connectivity index (χ1n) is 10.9. The molecule has 1 aliphatic rings. The predicted molar refractivity (Wildman–Crippen MR) is 122 cm³/mol. The third kappa shape index (κ3) is 4.44. The Labute approximate surface area is 186 Å². The maximum atomic E-state index is 13.6. The van der Waals surface area contributed by atoms with Crippen molar-refractivity contribution in [3.8, 4) is 11.4 Å². The Bertz CT molecular complexity index is 1180. The summed E-state index contributed by atoms with van der Waals surface area (Å²) in [5, 5.41) is 4.55. The lowest BCUT2D eigenvalue weighted by Crippen LogP contribution is -3.14. The van der Waals surface area contributed by atoms with Crippen LogP contribution >= 0.6 is 0 Å². The first kappa shape index (κ1) is 20.5. The number of nitrogens with zero attached hydrogens (tertiary/aromatic N) is 3. The predicted octanol–water partition coefficient (Wildman–Crippen LogP) is 2.90. The Morgan fingerprint density at radius 2 is 1.78 bits per heavy atom. The van der Waals surface area contributed by atoms with Gasteiger partial charge in [-0.3, -0.25) is 4.98 Å². The zero-order valence-electron chi connectivity index (χ0n) is 17.7. The molecule has 2 aromatic carbocycles. The number of hydrogen-bond donors (Lipinski definition) is 2. The van der Waals surface area contributed by atoms with Crippen molar-refractivity contribution in [1.82, 2.24) is 15.0 Å². The van der Waals surface area contributed by atoms with Gasteiger partial charge in [0.15, 0.2) is 5.82 Å². The molecule has 7 heteroatoms. The zero-order valence-corrected chi connectivity index (χ0v) is 17.7. The van der Waals surface area contributed by atoms with Crippen LogP contribution in [0.4, 0.5) is 10.2 Å². The average molecular weight is 431 g/mol. The maximum absolute atomic E-state index is 13.6. The van der Waals surface area contributed by atoms with Crippen molar-refractivity contribution < 1.29 is 14.0 Å². The van der Waals surface area contributed by atoms with Crippen LogP contribution < -0.4 is 10.2 Å². The molecule has 2 N–H and O–H groups in total. The summed E-state index contributed by atoms with van der Waals surface area (Å²) in [7, 11) is 0. The number of anilines is 1. The normalized spacial score (nSPS) is 15.5. The third-order valence-corrected chi connectivity index (χ3v) is 5.90. The highest BCUT2D eigenvalue weighted by atomic mass is 19.1. The van der Waals surface area contributed by atoms with E-state index in [1.54, 1.807) is 12.4 Å². The summed E-state index contributed by atoms with van der Waals surface area (Å²) < 4.78 is 19.1. The molecular formula is C25H25FN5O+. The molecule has 0 aliphatic carbocycles. The van der Waals surface area contributed by atoms with Gasteiger partial charge in [-0.1, -0.05) is 24.3 Å². The van der Waals surface area contributed by atoms with Crippen molar-refractivity contribution in [2.45, 2.75) is 6.04 Å². The van der Waals surface area contributed by atoms with E-state index in [4.69, 9.17) is 14.7 Å². The summed E-state index contributed by atoms with van der Waals surface area (Å²) >= 11 is 0. The molecule has 162 valence electrons. The van der Waals surface area contributed by atoms with Crippen LogP contribution in [-0.2, 0) is 4.74 Å². The fourth-order valence-electron chi connectivity index (χ4n) is 4.21. The molecule has 4 aromatic rings. The standard InChI is InChI=1S/C25H24FN5O/c26-20-9-7-18(8-10-20)23(31-12-14-32-15-13-31)17-28-25-21-5-1-2-6-22(21)29-24(30-25)19-4-3-11-27-16-19/h1-11,16,23H,12-15,17H2,(H,28,29,30)/p+1/t23-/m0/s1. The van der Waals surface area contributed by atoms with Crippen molar-refractivity contribution in [2.24, 2.45) is 0 Å². The Hall–Kier alpha value is -3.42. The lowest BCUT2D eigenvalue weighted by Gasteiger charge is -2.32. The van der Waals surface area contributed by atoms with Crippen LogP contribution in [0, 0.1) is 5.82 Å². The molecule has 1 fully saturated rings. The minimum absolute atomic E-state index is 0.148. The number of pyridine rings is 1. The van der Waals surface area contributed by atoms with Crippen LogP contribution in [0.15, 0.2) is 73.1 Å². The topological polar surface area (TPSA) is 64.4 Å². The highest BCUT2D eigenvalue weighted by Crippen LogP contribution is 2.25. The van der Waals surface area contributed by atoms with Gasteiger partial charge in [0.25, 0.3) is 0 Å². The second-order valence-electron chi connectivity index (χ2n) is 7.91. The molecule has 1 aliphatic heterocycles. The van der Waals surface area contributed by atoms with E-state index < -0.39 is 0 Å². The molecule has 0 saturated carbocycles. The van der Waals surface area contributed by atoms with Crippen LogP contribution in [0.2, 0.25) is 0 Å². The van der Waals surface area contributed by atoms with Gasteiger partial charge < -0.3 is 15.0 Å². The van der Waals surface area contributed by atoms with E-state index in [0.717, 1.165) is 54.2 Å². The summed E-state index contributed by atoms with van der Waals surface area (Å²) in [6.45, 7) is 3.95. The minimum Gasteiger partial charge on any atom is -0.370 e. The third-order valence-electron chi connectivity index (χ3n) is 5.90. The van der Waals surface area contributed by atoms with Crippen LogP contribution in [0.3, 0.4) is 0 Å². The highest BCUT2D eigenvalue weighted by molar-refractivity contribution is 5.90. The van der Waals surface area contributed by atoms with Gasteiger partial charge >= 0.3 is 0 Å². The molecule has 0 amide bonds. The smallest absolute Gasteiger partial charge is 0.163 e. The van der Waals surface area contributed by atoms with Gasteiger partial charge in [-0.2, -0.15) is 0 Å². The van der Waals surface area contributed by atoms with E-state index in [0.29, 0.717) is 12.4 Å². The summed E-state index contributed by atoms with van der Waals surface area (Å²) in [6.07, 6.45) is 3.51. The molecular weight excluding hydrogens is 405 g/mol. The highest BCUT2D eigenvalue weighted by Gasteiger charge is 2.27. The number of nitrogens with one attached hydrogen (secondary N) is 2. The van der Waals surface area contributed by atoms with E-state index in [2.05, 4.69) is 10.3 Å². The van der Waals surface area contributed by atoms with Gasteiger partial charge in [-0.25, -0.2) is 14.4 Å². The number of quaternary nitrogens is 1. The fraction of sp³-hybridized carbons (Fsp3) is 0.240. The average Bonchev–Trinajstić information content (AvgIpc) is 2.86. The second kappa shape index (κ2) is 9.38. The Balaban J connectivity index is 1.48. The van der Waals surface area contributed by atoms with E-state index >= 15 is 0 Å². The van der Waals surface area contributed by atoms with Crippen LogP contribution in [0.25, 0.3) is 22.3 Å². The van der Waals surface area contributed by atoms with Crippen LogP contribution in [-0.4, -0.2) is 47.8 Å². The summed E-state index contributed by atoms with van der Waals surface area (Å²) in [5.41, 5.74) is 2.85. The number of hydrogen-bond acceptors (Lipinski definition) is 5. The fourth-order valence-corrected chi connectivity index (χ4v) is 4.21. The van der Waals surface area contributed by atoms with Gasteiger partial charge in [0, 0.05) is 28.9 Å². The molecule has 0 radical (unpaired) electrons. The van der Waals surface area contributed by atoms with E-state index in [1.165, 1.54) is 17.0 Å². The number of halogens is 1. The second-order valence-corrected chi connectivity index (χ2v) is 7.91. The van der Waals surface area contributed by atoms with Gasteiger partial charge in [-0.15, -0.1) is 0 Å². The Morgan fingerprint density at radius 3 is 2.56 bits per heavy atom. The van der Waals surface area contributed by atoms with Crippen molar-refractivity contribution in [1.29, 1.82) is 0 Å². The van der Waals surface area contributed by atoms with Gasteiger partial charge in [-0.05, 0) is 36.4 Å². The van der Waals surface area contributed by atoms with Gasteiger partial charge in [0.05, 0.1) is 25.3 Å². The molecule has 3 heterocycles. The first-order chi connectivity index (χ1) is 15.8. The van der Waals surface area contributed by atoms with E-state index in [9.17, 15) is 4.39 Å². The molecule has 0 spiro atoms. The van der Waals surface area contributed by atoms with Crippen LogP contribution in [0.5, 0.6) is 0 Å². The lowest BCUT2D eigenvalue weighted by molar-refractivity contribution is -0.937. The summed E-state index contributed by atoms with van der Waals surface area (Å²) in [6, 6.07) is 18.8. The molecule has 2 aromatic heterocycles. The monoisotopic (exact) mass is 430 g/mol.